The average Bonchev–Trinajstić information content (AvgIpc) is 2.89. The van der Waals surface area contributed by atoms with Gasteiger partial charge in [-0.05, 0) is 37.8 Å². The molecule has 2 atom stereocenters. The summed E-state index contributed by atoms with van der Waals surface area (Å²) in [7, 11) is 0. The lowest BCUT2D eigenvalue weighted by molar-refractivity contribution is 0.0729. The van der Waals surface area contributed by atoms with Gasteiger partial charge >= 0.3 is 0 Å². The fraction of sp³-hybridized carbons (Fsp3) is 0.429. The summed E-state index contributed by atoms with van der Waals surface area (Å²) in [4.78, 5) is 30.5. The minimum Gasteiger partial charge on any atom is -0.335 e. The van der Waals surface area contributed by atoms with Crippen LogP contribution in [-0.4, -0.2) is 60.7 Å². The molecule has 28 heavy (non-hydrogen) atoms. The molecule has 3 saturated heterocycles. The molecular formula is C21H24N6O. The van der Waals surface area contributed by atoms with E-state index in [0.29, 0.717) is 17.7 Å². The molecule has 0 spiro atoms. The van der Waals surface area contributed by atoms with Gasteiger partial charge in [-0.1, -0.05) is 6.07 Å². The van der Waals surface area contributed by atoms with E-state index in [-0.39, 0.29) is 5.91 Å². The van der Waals surface area contributed by atoms with Crippen LogP contribution in [-0.2, 0) is 6.54 Å². The summed E-state index contributed by atoms with van der Waals surface area (Å²) in [6, 6.07) is 6.60. The molecule has 3 aliphatic heterocycles. The normalized spacial score (nSPS) is 22.5. The lowest BCUT2D eigenvalue weighted by Crippen LogP contribution is -2.44. The summed E-state index contributed by atoms with van der Waals surface area (Å²) < 4.78 is 2.15. The molecule has 7 nitrogen and oxygen atoms in total. The number of nitrogens with zero attached hydrogens (tertiary/aromatic N) is 6. The molecule has 2 bridgehead atoms. The summed E-state index contributed by atoms with van der Waals surface area (Å²) in [5.74, 6) is 1.51. The van der Waals surface area contributed by atoms with Crippen molar-refractivity contribution < 1.29 is 4.79 Å². The first-order valence-electron chi connectivity index (χ1n) is 9.91. The number of rotatable bonds is 3. The quantitative estimate of drug-likeness (QED) is 0.701. The van der Waals surface area contributed by atoms with Gasteiger partial charge in [0.1, 0.15) is 11.5 Å². The van der Waals surface area contributed by atoms with Crippen molar-refractivity contribution in [1.82, 2.24) is 29.2 Å². The van der Waals surface area contributed by atoms with E-state index >= 15 is 0 Å². The second-order valence-electron chi connectivity index (χ2n) is 7.89. The summed E-state index contributed by atoms with van der Waals surface area (Å²) in [5, 5.41) is 0. The first kappa shape index (κ1) is 17.3. The molecule has 0 saturated carbocycles. The van der Waals surface area contributed by atoms with Crippen molar-refractivity contribution in [2.24, 2.45) is 5.92 Å². The molecule has 0 unspecified atom stereocenters. The third-order valence-corrected chi connectivity index (χ3v) is 6.05. The Balaban J connectivity index is 1.37. The fourth-order valence-electron chi connectivity index (χ4n) is 4.69. The molecule has 3 aromatic heterocycles. The van der Waals surface area contributed by atoms with Crippen molar-refractivity contribution in [3.63, 3.8) is 0 Å². The van der Waals surface area contributed by atoms with Crippen LogP contribution < -0.4 is 0 Å². The summed E-state index contributed by atoms with van der Waals surface area (Å²) in [5.41, 5.74) is 2.73. The lowest BCUT2D eigenvalue weighted by Gasteiger charge is -2.35. The maximum atomic E-state index is 12.9. The van der Waals surface area contributed by atoms with E-state index in [9.17, 15) is 4.79 Å². The van der Waals surface area contributed by atoms with E-state index in [4.69, 9.17) is 4.98 Å². The minimum atomic E-state index is -0.00450. The second kappa shape index (κ2) is 6.98. The number of carbonyl (C=O) groups is 1. The predicted octanol–water partition coefficient (Wildman–Crippen LogP) is 2.17. The zero-order valence-corrected chi connectivity index (χ0v) is 16.0. The number of aryl methyl sites for hydroxylation is 1. The van der Waals surface area contributed by atoms with Crippen LogP contribution in [0.15, 0.2) is 43.0 Å². The van der Waals surface area contributed by atoms with Crippen LogP contribution in [0.4, 0.5) is 0 Å². The zero-order chi connectivity index (χ0) is 19.1. The molecule has 3 aliphatic rings. The SMILES string of the molecule is Cc1nc(CN2C[C@@H]3CC[C@H]2CN(C(=O)c2cnccn2)C3)c2ccccn12. The molecule has 3 aromatic rings. The van der Waals surface area contributed by atoms with Gasteiger partial charge in [-0.15, -0.1) is 0 Å². The molecule has 0 N–H and O–H groups in total. The zero-order valence-electron chi connectivity index (χ0n) is 16.0. The number of imidazole rings is 1. The van der Waals surface area contributed by atoms with Crippen LogP contribution in [0.3, 0.4) is 0 Å². The third-order valence-electron chi connectivity index (χ3n) is 6.05. The Morgan fingerprint density at radius 1 is 1.18 bits per heavy atom. The molecule has 3 fully saturated rings. The topological polar surface area (TPSA) is 66.6 Å². The van der Waals surface area contributed by atoms with Gasteiger partial charge in [0.25, 0.3) is 5.91 Å². The van der Waals surface area contributed by atoms with Crippen molar-refractivity contribution in [3.05, 3.63) is 60.2 Å². The number of pyridine rings is 1. The van der Waals surface area contributed by atoms with Crippen molar-refractivity contribution in [3.8, 4) is 0 Å². The highest BCUT2D eigenvalue weighted by molar-refractivity contribution is 5.92. The monoisotopic (exact) mass is 376 g/mol. The fourth-order valence-corrected chi connectivity index (χ4v) is 4.69. The van der Waals surface area contributed by atoms with Crippen LogP contribution in [0.5, 0.6) is 0 Å². The van der Waals surface area contributed by atoms with E-state index < -0.39 is 0 Å². The number of aromatic nitrogens is 4. The van der Waals surface area contributed by atoms with Gasteiger partial charge in [-0.2, -0.15) is 0 Å². The van der Waals surface area contributed by atoms with Gasteiger partial charge in [0.15, 0.2) is 0 Å². The maximum absolute atomic E-state index is 12.9. The van der Waals surface area contributed by atoms with Crippen molar-refractivity contribution in [2.45, 2.75) is 32.4 Å². The average molecular weight is 376 g/mol. The van der Waals surface area contributed by atoms with Crippen LogP contribution >= 0.6 is 0 Å². The maximum Gasteiger partial charge on any atom is 0.274 e. The molecular weight excluding hydrogens is 352 g/mol. The molecule has 0 aromatic carbocycles. The Morgan fingerprint density at radius 3 is 2.96 bits per heavy atom. The Hall–Kier alpha value is -2.80. The number of hydrogen-bond acceptors (Lipinski definition) is 5. The van der Waals surface area contributed by atoms with Gasteiger partial charge in [-0.3, -0.25) is 14.7 Å². The van der Waals surface area contributed by atoms with E-state index in [1.807, 2.05) is 17.9 Å². The smallest absolute Gasteiger partial charge is 0.274 e. The Bertz CT molecular complexity index is 1000. The molecule has 6 rings (SSSR count). The van der Waals surface area contributed by atoms with E-state index in [2.05, 4.69) is 37.6 Å². The van der Waals surface area contributed by atoms with Crippen molar-refractivity contribution in [1.29, 1.82) is 0 Å². The summed E-state index contributed by atoms with van der Waals surface area (Å²) in [6.07, 6.45) is 9.11. The second-order valence-corrected chi connectivity index (χ2v) is 7.89. The molecule has 144 valence electrons. The van der Waals surface area contributed by atoms with Gasteiger partial charge in [-0.25, -0.2) is 9.97 Å². The van der Waals surface area contributed by atoms with Crippen LogP contribution in [0.25, 0.3) is 5.52 Å². The standard InChI is InChI=1S/C21H24N6O/c1-15-24-19(20-4-2-3-9-27(15)20)14-25-11-16-5-6-17(25)13-26(12-16)21(28)18-10-22-7-8-23-18/h2-4,7-10,16-17H,5-6,11-14H2,1H3/t16-,17-/m0/s1. The van der Waals surface area contributed by atoms with Gasteiger partial charge in [0.2, 0.25) is 0 Å². The minimum absolute atomic E-state index is 0.00450. The first-order valence-corrected chi connectivity index (χ1v) is 9.91. The molecule has 6 heterocycles. The molecule has 1 amide bonds. The van der Waals surface area contributed by atoms with Gasteiger partial charge < -0.3 is 9.30 Å². The van der Waals surface area contributed by atoms with E-state index in [1.165, 1.54) is 11.9 Å². The highest BCUT2D eigenvalue weighted by Gasteiger charge is 2.37. The molecule has 7 heteroatoms. The van der Waals surface area contributed by atoms with E-state index in [1.54, 1.807) is 18.6 Å². The molecule has 0 aliphatic carbocycles. The highest BCUT2D eigenvalue weighted by atomic mass is 16.2. The third kappa shape index (κ3) is 3.05. The number of fused-ring (bicyclic) bond motifs is 5. The number of piperidine rings is 1. The van der Waals surface area contributed by atoms with E-state index in [0.717, 1.165) is 44.1 Å². The van der Waals surface area contributed by atoms with Crippen LogP contribution in [0.1, 0.15) is 34.8 Å². The van der Waals surface area contributed by atoms with Crippen molar-refractivity contribution in [2.75, 3.05) is 19.6 Å². The summed E-state index contributed by atoms with van der Waals surface area (Å²) >= 11 is 0. The van der Waals surface area contributed by atoms with Crippen molar-refractivity contribution >= 4 is 11.4 Å². The lowest BCUT2D eigenvalue weighted by atomic mass is 9.95. The van der Waals surface area contributed by atoms with Crippen LogP contribution in [0, 0.1) is 12.8 Å². The van der Waals surface area contributed by atoms with Gasteiger partial charge in [0, 0.05) is 50.8 Å². The molecule has 0 radical (unpaired) electrons. The summed E-state index contributed by atoms with van der Waals surface area (Å²) in [6.45, 7) is 5.43. The number of hydrogen-bond donors (Lipinski definition) is 0. The Kier molecular flexibility index (Phi) is 4.31. The largest absolute Gasteiger partial charge is 0.335 e. The number of carbonyl (C=O) groups excluding carboxylic acids is 1. The Morgan fingerprint density at radius 2 is 2.11 bits per heavy atom. The Labute approximate surface area is 164 Å². The van der Waals surface area contributed by atoms with Gasteiger partial charge in [0.05, 0.1) is 17.4 Å². The highest BCUT2D eigenvalue weighted by Crippen LogP contribution is 2.30. The van der Waals surface area contributed by atoms with Crippen LogP contribution in [0.2, 0.25) is 0 Å². The number of amides is 1. The first-order chi connectivity index (χ1) is 13.7. The predicted molar refractivity (Wildman–Crippen MR) is 105 cm³/mol.